The van der Waals surface area contributed by atoms with Crippen LogP contribution in [0.3, 0.4) is 0 Å². The van der Waals surface area contributed by atoms with Crippen LogP contribution >= 0.6 is 0 Å². The first kappa shape index (κ1) is 14.0. The van der Waals surface area contributed by atoms with Gasteiger partial charge in [0.25, 0.3) is 0 Å². The molecule has 0 aromatic heterocycles. The fraction of sp³-hybridized carbons (Fsp3) is 0.824. The summed E-state index contributed by atoms with van der Waals surface area (Å²) in [5, 5.41) is 0. The van der Waals surface area contributed by atoms with Gasteiger partial charge in [-0.1, -0.05) is 24.5 Å². The van der Waals surface area contributed by atoms with Gasteiger partial charge in [-0.25, -0.2) is 4.79 Å². The second-order valence-electron chi connectivity index (χ2n) is 7.61. The van der Waals surface area contributed by atoms with Gasteiger partial charge >= 0.3 is 6.09 Å². The zero-order chi connectivity index (χ0) is 14.3. The molecule has 2 fully saturated rings. The molecule has 0 spiro atoms. The van der Waals surface area contributed by atoms with E-state index < -0.39 is 5.60 Å². The first-order chi connectivity index (χ1) is 9.44. The van der Waals surface area contributed by atoms with Gasteiger partial charge in [-0.05, 0) is 58.8 Å². The van der Waals surface area contributed by atoms with Gasteiger partial charge in [0.2, 0.25) is 0 Å². The minimum Gasteiger partial charge on any atom is -0.444 e. The number of carbonyl (C=O) groups is 1. The zero-order valence-corrected chi connectivity index (χ0v) is 13.0. The SMILES string of the molecule is CC(C)(C)OC(=O)N1C2C=C(C3CCCC3)CC1CC2. The van der Waals surface area contributed by atoms with Gasteiger partial charge in [0.15, 0.2) is 0 Å². The van der Waals surface area contributed by atoms with Crippen molar-refractivity contribution < 1.29 is 9.53 Å². The van der Waals surface area contributed by atoms with Crippen LogP contribution in [-0.2, 0) is 4.74 Å². The lowest BCUT2D eigenvalue weighted by molar-refractivity contribution is 0.0163. The van der Waals surface area contributed by atoms with Gasteiger partial charge in [-0.15, -0.1) is 0 Å². The summed E-state index contributed by atoms with van der Waals surface area (Å²) in [6.45, 7) is 5.82. The van der Waals surface area contributed by atoms with Crippen LogP contribution in [0.15, 0.2) is 11.6 Å². The second kappa shape index (κ2) is 5.09. The van der Waals surface area contributed by atoms with Crippen molar-refractivity contribution in [3.8, 4) is 0 Å². The Morgan fingerprint density at radius 3 is 2.50 bits per heavy atom. The van der Waals surface area contributed by atoms with E-state index >= 15 is 0 Å². The topological polar surface area (TPSA) is 29.5 Å². The summed E-state index contributed by atoms with van der Waals surface area (Å²) in [5.74, 6) is 0.805. The third-order valence-electron chi connectivity index (χ3n) is 4.91. The highest BCUT2D eigenvalue weighted by Crippen LogP contribution is 2.42. The van der Waals surface area contributed by atoms with Crippen LogP contribution in [0.1, 0.15) is 65.7 Å². The lowest BCUT2D eigenvalue weighted by Crippen LogP contribution is -2.46. The summed E-state index contributed by atoms with van der Waals surface area (Å²) in [7, 11) is 0. The molecular weight excluding hydrogens is 250 g/mol. The van der Waals surface area contributed by atoms with Gasteiger partial charge < -0.3 is 4.74 Å². The molecule has 0 aromatic rings. The molecule has 2 heterocycles. The van der Waals surface area contributed by atoms with Gasteiger partial charge in [0, 0.05) is 6.04 Å². The molecule has 0 N–H and O–H groups in total. The Hall–Kier alpha value is -0.990. The quantitative estimate of drug-likeness (QED) is 0.670. The third kappa shape index (κ3) is 2.72. The molecule has 1 saturated carbocycles. The molecule has 0 aromatic carbocycles. The largest absolute Gasteiger partial charge is 0.444 e. The Bertz CT molecular complexity index is 415. The molecule has 20 heavy (non-hydrogen) atoms. The lowest BCUT2D eigenvalue weighted by Gasteiger charge is -2.36. The van der Waals surface area contributed by atoms with E-state index in [9.17, 15) is 4.79 Å². The fourth-order valence-electron chi connectivity index (χ4n) is 4.06. The Morgan fingerprint density at radius 2 is 1.90 bits per heavy atom. The lowest BCUT2D eigenvalue weighted by atomic mass is 9.89. The van der Waals surface area contributed by atoms with Crippen LogP contribution in [0, 0.1) is 5.92 Å². The average Bonchev–Trinajstić information content (AvgIpc) is 2.94. The smallest absolute Gasteiger partial charge is 0.411 e. The first-order valence-electron chi connectivity index (χ1n) is 8.16. The number of nitrogens with zero attached hydrogens (tertiary/aromatic N) is 1. The van der Waals surface area contributed by atoms with E-state index in [2.05, 4.69) is 6.08 Å². The number of rotatable bonds is 1. The Labute approximate surface area is 122 Å². The molecule has 2 atom stereocenters. The van der Waals surface area contributed by atoms with Crippen molar-refractivity contribution in [2.75, 3.05) is 0 Å². The van der Waals surface area contributed by atoms with Crippen molar-refractivity contribution >= 4 is 6.09 Å². The van der Waals surface area contributed by atoms with Crippen molar-refractivity contribution in [1.82, 2.24) is 4.90 Å². The molecule has 1 saturated heterocycles. The van der Waals surface area contributed by atoms with E-state index in [-0.39, 0.29) is 6.09 Å². The number of carbonyl (C=O) groups excluding carboxylic acids is 1. The van der Waals surface area contributed by atoms with Crippen LogP contribution in [0.2, 0.25) is 0 Å². The first-order valence-corrected chi connectivity index (χ1v) is 8.16. The molecule has 3 aliphatic rings. The Morgan fingerprint density at radius 1 is 1.20 bits per heavy atom. The van der Waals surface area contributed by atoms with E-state index in [4.69, 9.17) is 4.74 Å². The van der Waals surface area contributed by atoms with Crippen LogP contribution in [0.4, 0.5) is 4.79 Å². The molecule has 3 nitrogen and oxygen atoms in total. The number of hydrogen-bond donors (Lipinski definition) is 0. The average molecular weight is 277 g/mol. The van der Waals surface area contributed by atoms with Gasteiger partial charge in [0.1, 0.15) is 5.60 Å². The maximum absolute atomic E-state index is 12.4. The third-order valence-corrected chi connectivity index (χ3v) is 4.91. The van der Waals surface area contributed by atoms with Crippen molar-refractivity contribution in [2.24, 2.45) is 5.92 Å². The molecule has 3 heteroatoms. The minimum absolute atomic E-state index is 0.119. The second-order valence-corrected chi connectivity index (χ2v) is 7.61. The normalized spacial score (nSPS) is 30.6. The summed E-state index contributed by atoms with van der Waals surface area (Å²) in [5.41, 5.74) is 1.24. The van der Waals surface area contributed by atoms with Crippen molar-refractivity contribution in [2.45, 2.75) is 83.4 Å². The number of ether oxygens (including phenoxy) is 1. The number of fused-ring (bicyclic) bond motifs is 2. The van der Waals surface area contributed by atoms with Crippen LogP contribution < -0.4 is 0 Å². The van der Waals surface area contributed by atoms with E-state index in [0.717, 1.165) is 25.2 Å². The highest BCUT2D eigenvalue weighted by molar-refractivity contribution is 5.70. The van der Waals surface area contributed by atoms with Crippen LogP contribution in [-0.4, -0.2) is 28.7 Å². The standard InChI is InChI=1S/C17H27NO2/c1-17(2,3)20-16(19)18-14-8-9-15(18)11-13(10-14)12-6-4-5-7-12/h10,12,14-15H,4-9,11H2,1-3H3. The molecule has 1 aliphatic carbocycles. The summed E-state index contributed by atoms with van der Waals surface area (Å²) in [6, 6.07) is 0.676. The fourth-order valence-corrected chi connectivity index (χ4v) is 4.06. The van der Waals surface area contributed by atoms with E-state index in [1.165, 1.54) is 25.7 Å². The predicted molar refractivity (Wildman–Crippen MR) is 79.5 cm³/mol. The molecule has 112 valence electrons. The molecule has 1 amide bonds. The molecule has 2 unspecified atom stereocenters. The maximum atomic E-state index is 12.4. The summed E-state index contributed by atoms with van der Waals surface area (Å²) >= 11 is 0. The molecule has 2 bridgehead atoms. The van der Waals surface area contributed by atoms with Crippen LogP contribution in [0.5, 0.6) is 0 Å². The number of hydrogen-bond acceptors (Lipinski definition) is 2. The maximum Gasteiger partial charge on any atom is 0.411 e. The molecule has 3 rings (SSSR count). The van der Waals surface area contributed by atoms with Crippen molar-refractivity contribution in [1.29, 1.82) is 0 Å². The van der Waals surface area contributed by atoms with E-state index in [1.807, 2.05) is 25.7 Å². The van der Waals surface area contributed by atoms with Gasteiger partial charge in [-0.2, -0.15) is 0 Å². The Kier molecular flexibility index (Phi) is 3.55. The van der Waals surface area contributed by atoms with Gasteiger partial charge in [-0.3, -0.25) is 4.90 Å². The summed E-state index contributed by atoms with van der Waals surface area (Å²) in [6.07, 6.45) is 11.1. The minimum atomic E-state index is -0.397. The predicted octanol–water partition coefficient (Wildman–Crippen LogP) is 4.27. The monoisotopic (exact) mass is 277 g/mol. The van der Waals surface area contributed by atoms with Crippen molar-refractivity contribution in [3.05, 3.63) is 11.6 Å². The molecule has 0 radical (unpaired) electrons. The summed E-state index contributed by atoms with van der Waals surface area (Å²) in [4.78, 5) is 14.4. The molecule has 2 aliphatic heterocycles. The van der Waals surface area contributed by atoms with E-state index in [0.29, 0.717) is 12.1 Å². The highest BCUT2D eigenvalue weighted by Gasteiger charge is 2.42. The molecular formula is C17H27NO2. The Balaban J connectivity index is 1.72. The number of amides is 1. The summed E-state index contributed by atoms with van der Waals surface area (Å²) < 4.78 is 5.58. The van der Waals surface area contributed by atoms with Crippen LogP contribution in [0.25, 0.3) is 0 Å². The van der Waals surface area contributed by atoms with Crippen molar-refractivity contribution in [3.63, 3.8) is 0 Å². The van der Waals surface area contributed by atoms with Gasteiger partial charge in [0.05, 0.1) is 6.04 Å². The van der Waals surface area contributed by atoms with E-state index in [1.54, 1.807) is 5.57 Å². The highest BCUT2D eigenvalue weighted by atomic mass is 16.6. The zero-order valence-electron chi connectivity index (χ0n) is 13.0.